The van der Waals surface area contributed by atoms with Crippen LogP contribution in [0.5, 0.6) is 0 Å². The van der Waals surface area contributed by atoms with E-state index in [1.807, 2.05) is 0 Å². The fraction of sp³-hybridized carbons (Fsp3) is 0.786. The zero-order valence-corrected chi connectivity index (χ0v) is 10.4. The van der Waals surface area contributed by atoms with Crippen LogP contribution in [0.3, 0.4) is 0 Å². The number of carbonyl (C=O) groups excluding carboxylic acids is 1. The lowest BCUT2D eigenvalue weighted by molar-refractivity contribution is -0.143. The zero-order chi connectivity index (χ0) is 11.8. The Balaban J connectivity index is 2.19. The first kappa shape index (κ1) is 11.7. The third-order valence-corrected chi connectivity index (χ3v) is 4.61. The van der Waals surface area contributed by atoms with Gasteiger partial charge in [-0.2, -0.15) is 0 Å². The van der Waals surface area contributed by atoms with E-state index < -0.39 is 0 Å². The second-order valence-corrected chi connectivity index (χ2v) is 5.47. The van der Waals surface area contributed by atoms with Crippen LogP contribution in [0, 0.1) is 11.3 Å². The minimum Gasteiger partial charge on any atom is -0.458 e. The van der Waals surface area contributed by atoms with Crippen LogP contribution >= 0.6 is 0 Å². The van der Waals surface area contributed by atoms with Gasteiger partial charge in [-0.15, -0.1) is 0 Å². The second kappa shape index (κ2) is 4.23. The van der Waals surface area contributed by atoms with Crippen LogP contribution in [0.1, 0.15) is 52.4 Å². The monoisotopic (exact) mass is 222 g/mol. The molecule has 0 aromatic carbocycles. The summed E-state index contributed by atoms with van der Waals surface area (Å²) in [5.74, 6) is 0.391. The average Bonchev–Trinajstić information content (AvgIpc) is 2.56. The normalized spacial score (nSPS) is 36.5. The molecule has 2 atom stereocenters. The van der Waals surface area contributed by atoms with Crippen molar-refractivity contribution in [2.45, 2.75) is 58.5 Å². The Morgan fingerprint density at radius 2 is 2.00 bits per heavy atom. The van der Waals surface area contributed by atoms with Crippen molar-refractivity contribution in [3.63, 3.8) is 0 Å². The molecule has 2 fully saturated rings. The highest BCUT2D eigenvalue weighted by molar-refractivity contribution is 5.92. The first-order valence-corrected chi connectivity index (χ1v) is 6.50. The largest absolute Gasteiger partial charge is 0.458 e. The molecule has 0 unspecified atom stereocenters. The molecule has 2 nitrogen and oxygen atoms in total. The highest BCUT2D eigenvalue weighted by Gasteiger charge is 2.50. The van der Waals surface area contributed by atoms with E-state index in [4.69, 9.17) is 4.74 Å². The van der Waals surface area contributed by atoms with Crippen LogP contribution in [0.25, 0.3) is 0 Å². The van der Waals surface area contributed by atoms with E-state index in [0.29, 0.717) is 11.5 Å². The molecule has 0 amide bonds. The third kappa shape index (κ3) is 1.68. The molecule has 2 heteroatoms. The first-order valence-electron chi connectivity index (χ1n) is 6.50. The molecular formula is C14H22O2. The van der Waals surface area contributed by atoms with E-state index in [9.17, 15) is 4.79 Å². The fourth-order valence-corrected chi connectivity index (χ4v) is 3.19. The quantitative estimate of drug-likeness (QED) is 0.528. The Morgan fingerprint density at radius 3 is 2.56 bits per heavy atom. The molecule has 0 spiro atoms. The number of esters is 1. The Kier molecular flexibility index (Phi) is 3.09. The molecule has 2 rings (SSSR count). The second-order valence-electron chi connectivity index (χ2n) is 5.47. The van der Waals surface area contributed by atoms with Crippen molar-refractivity contribution in [1.82, 2.24) is 0 Å². The van der Waals surface area contributed by atoms with Gasteiger partial charge >= 0.3 is 5.97 Å². The Bertz CT molecular complexity index is 302. The van der Waals surface area contributed by atoms with E-state index in [1.54, 1.807) is 0 Å². The summed E-state index contributed by atoms with van der Waals surface area (Å²) in [6.45, 7) is 8.20. The van der Waals surface area contributed by atoms with Crippen molar-refractivity contribution in [2.75, 3.05) is 0 Å². The highest BCUT2D eigenvalue weighted by Crippen LogP contribution is 2.48. The topological polar surface area (TPSA) is 26.3 Å². The number of hydrogen-bond donors (Lipinski definition) is 0. The first-order chi connectivity index (χ1) is 7.59. The summed E-state index contributed by atoms with van der Waals surface area (Å²) in [5.41, 5.74) is 0.560. The van der Waals surface area contributed by atoms with E-state index in [-0.39, 0.29) is 17.5 Å². The van der Waals surface area contributed by atoms with Crippen LogP contribution in [0.15, 0.2) is 12.2 Å². The maximum atomic E-state index is 11.7. The van der Waals surface area contributed by atoms with Crippen LogP contribution in [-0.2, 0) is 9.53 Å². The molecule has 90 valence electrons. The van der Waals surface area contributed by atoms with Gasteiger partial charge in [0, 0.05) is 11.0 Å². The van der Waals surface area contributed by atoms with Crippen LogP contribution < -0.4 is 0 Å². The van der Waals surface area contributed by atoms with Gasteiger partial charge in [0.15, 0.2) is 0 Å². The zero-order valence-electron chi connectivity index (χ0n) is 10.4. The molecule has 0 aromatic rings. The lowest BCUT2D eigenvalue weighted by atomic mass is 9.69. The smallest absolute Gasteiger partial charge is 0.334 e. The Morgan fingerprint density at radius 1 is 1.38 bits per heavy atom. The van der Waals surface area contributed by atoms with E-state index in [0.717, 1.165) is 6.42 Å². The minimum atomic E-state index is -0.167. The minimum absolute atomic E-state index is 0.0813. The summed E-state index contributed by atoms with van der Waals surface area (Å²) in [4.78, 5) is 11.7. The fourth-order valence-electron chi connectivity index (χ4n) is 3.19. The third-order valence-electron chi connectivity index (χ3n) is 4.61. The van der Waals surface area contributed by atoms with Gasteiger partial charge in [0.05, 0.1) is 0 Å². The molecule has 0 N–H and O–H groups in total. The predicted octanol–water partition coefficient (Wildman–Crippen LogP) is 3.46. The van der Waals surface area contributed by atoms with Gasteiger partial charge in [0.25, 0.3) is 0 Å². The van der Waals surface area contributed by atoms with Crippen molar-refractivity contribution in [3.05, 3.63) is 12.2 Å². The van der Waals surface area contributed by atoms with Crippen molar-refractivity contribution in [3.8, 4) is 0 Å². The van der Waals surface area contributed by atoms with E-state index >= 15 is 0 Å². The summed E-state index contributed by atoms with van der Waals surface area (Å²) in [5, 5.41) is 0. The van der Waals surface area contributed by atoms with Crippen LogP contribution in [0.4, 0.5) is 0 Å². The molecule has 1 saturated heterocycles. The van der Waals surface area contributed by atoms with Gasteiger partial charge in [0.1, 0.15) is 6.10 Å². The summed E-state index contributed by atoms with van der Waals surface area (Å²) < 4.78 is 5.58. The lowest BCUT2D eigenvalue weighted by Crippen LogP contribution is -2.36. The molecule has 0 aromatic heterocycles. The molecule has 0 radical (unpaired) electrons. The van der Waals surface area contributed by atoms with E-state index in [2.05, 4.69) is 20.4 Å². The maximum absolute atomic E-state index is 11.7. The predicted molar refractivity (Wildman–Crippen MR) is 64.0 cm³/mol. The molecule has 1 saturated carbocycles. The number of carbonyl (C=O) groups is 1. The number of rotatable bonds is 2. The van der Waals surface area contributed by atoms with Gasteiger partial charge in [0.2, 0.25) is 0 Å². The lowest BCUT2D eigenvalue weighted by Gasteiger charge is -2.35. The van der Waals surface area contributed by atoms with Crippen molar-refractivity contribution in [1.29, 1.82) is 0 Å². The summed E-state index contributed by atoms with van der Waals surface area (Å²) in [7, 11) is 0. The molecule has 0 bridgehead atoms. The van der Waals surface area contributed by atoms with Crippen LogP contribution in [-0.4, -0.2) is 12.1 Å². The molecule has 1 heterocycles. The average molecular weight is 222 g/mol. The van der Waals surface area contributed by atoms with Crippen molar-refractivity contribution < 1.29 is 9.53 Å². The van der Waals surface area contributed by atoms with Gasteiger partial charge in [-0.05, 0) is 25.2 Å². The van der Waals surface area contributed by atoms with Gasteiger partial charge in [-0.1, -0.05) is 39.7 Å². The summed E-state index contributed by atoms with van der Waals surface area (Å²) in [6, 6.07) is 0. The Labute approximate surface area is 98.1 Å². The van der Waals surface area contributed by atoms with Gasteiger partial charge < -0.3 is 4.74 Å². The van der Waals surface area contributed by atoms with E-state index in [1.165, 1.54) is 32.1 Å². The molecule has 2 aliphatic rings. The Hall–Kier alpha value is -0.790. The van der Waals surface area contributed by atoms with Crippen LogP contribution in [0.2, 0.25) is 0 Å². The SMILES string of the molecule is C=C1C(=O)O[C@H](C2CCCCC2)[C@@]1(C)CC. The van der Waals surface area contributed by atoms with Crippen molar-refractivity contribution >= 4 is 5.97 Å². The summed E-state index contributed by atoms with van der Waals surface area (Å²) in [6.07, 6.45) is 7.34. The molecular weight excluding hydrogens is 200 g/mol. The van der Waals surface area contributed by atoms with Gasteiger partial charge in [-0.3, -0.25) is 0 Å². The number of cyclic esters (lactones) is 1. The van der Waals surface area contributed by atoms with Gasteiger partial charge in [-0.25, -0.2) is 4.79 Å². The summed E-state index contributed by atoms with van der Waals surface area (Å²) >= 11 is 0. The molecule has 1 aliphatic heterocycles. The highest BCUT2D eigenvalue weighted by atomic mass is 16.6. The molecule has 16 heavy (non-hydrogen) atoms. The standard InChI is InChI=1S/C14H22O2/c1-4-14(3)10(2)13(15)16-12(14)11-8-6-5-7-9-11/h11-12H,2,4-9H2,1,3H3/t12-,14+/m1/s1. The number of hydrogen-bond acceptors (Lipinski definition) is 2. The van der Waals surface area contributed by atoms with Crippen molar-refractivity contribution in [2.24, 2.45) is 11.3 Å². The molecule has 1 aliphatic carbocycles. The maximum Gasteiger partial charge on any atom is 0.334 e. The number of ether oxygens (including phenoxy) is 1.